The van der Waals surface area contributed by atoms with Gasteiger partial charge in [0.05, 0.1) is 0 Å². The molecule has 0 rings (SSSR count). The summed E-state index contributed by atoms with van der Waals surface area (Å²) in [5.41, 5.74) is 0. The minimum atomic E-state index is 0. The molecule has 0 saturated carbocycles. The Morgan fingerprint density at radius 2 is 1.75 bits per heavy atom. The topological polar surface area (TPSA) is 0 Å². The van der Waals surface area contributed by atoms with Crippen molar-refractivity contribution in [3.05, 3.63) is 6.92 Å². The number of hydrogen-bond donors (Lipinski definition) is 0. The van der Waals surface area contributed by atoms with E-state index in [9.17, 15) is 0 Å². The molecule has 2 heteroatoms. The monoisotopic (exact) mass is 244 g/mol. The van der Waals surface area contributed by atoms with E-state index in [2.05, 4.69) is 20.8 Å². The van der Waals surface area contributed by atoms with E-state index >= 15 is 0 Å². The Labute approximate surface area is 105 Å². The van der Waals surface area contributed by atoms with E-state index in [-0.39, 0.29) is 40.0 Å². The smallest absolute Gasteiger partial charge is 1.00 e. The predicted octanol–water partition coefficient (Wildman–Crippen LogP) is 0.440. The molecule has 0 aliphatic carbocycles. The molecule has 0 N–H and O–H groups in total. The van der Waals surface area contributed by atoms with Crippen molar-refractivity contribution in [3.8, 4) is 0 Å². The Hall–Kier alpha value is 1.25. The zero-order valence-corrected chi connectivity index (χ0v) is 11.6. The molecule has 0 aromatic rings. The molecule has 1 atom stereocenters. The maximum Gasteiger partial charge on any atom is 2.00 e. The second-order valence-corrected chi connectivity index (χ2v) is 3.24. The van der Waals surface area contributed by atoms with Crippen molar-refractivity contribution in [2.75, 3.05) is 0 Å². The Balaban J connectivity index is -0.000000405. The summed E-state index contributed by atoms with van der Waals surface area (Å²) in [6, 6.07) is 0. The molecule has 0 aliphatic rings. The Morgan fingerprint density at radius 1 is 1.17 bits per heavy atom. The molecule has 0 fully saturated rings. The van der Waals surface area contributed by atoms with E-state index in [1.165, 1.54) is 32.1 Å². The van der Waals surface area contributed by atoms with Crippen molar-refractivity contribution >= 4 is 23.1 Å². The summed E-state index contributed by atoms with van der Waals surface area (Å²) in [6.07, 6.45) is 8.06. The average molecular weight is 245 g/mol. The van der Waals surface area contributed by atoms with Gasteiger partial charge in [-0.1, -0.05) is 51.9 Å². The fraction of sp³-hybridized carbons (Fsp3) is 0.900. The van der Waals surface area contributed by atoms with Crippen molar-refractivity contribution in [1.29, 1.82) is 0 Å². The first-order chi connectivity index (χ1) is 4.81. The first kappa shape index (κ1) is 18.9. The van der Waals surface area contributed by atoms with Gasteiger partial charge in [-0.3, -0.25) is 0 Å². The second kappa shape index (κ2) is 14.8. The molecular weight excluding hydrogens is 224 g/mol. The summed E-state index contributed by atoms with van der Waals surface area (Å²) in [5.74, 6) is 0.844. The number of hydrogen-bond acceptors (Lipinski definition) is 0. The number of unbranched alkanes of at least 4 members (excludes halogenated alkanes) is 3. The Bertz CT molecular complexity index is 66.9. The third-order valence-corrected chi connectivity index (χ3v) is 2.04. The predicted molar refractivity (Wildman–Crippen MR) is 53.7 cm³/mol. The fourth-order valence-electron chi connectivity index (χ4n) is 1.06. The van der Waals surface area contributed by atoms with Gasteiger partial charge < -0.3 is 23.9 Å². The van der Waals surface area contributed by atoms with Gasteiger partial charge in [-0.05, 0) is 0 Å². The van der Waals surface area contributed by atoms with Crippen LogP contribution in [-0.4, -0.2) is 23.1 Å². The number of rotatable bonds is 6. The number of halogens is 1. The zero-order chi connectivity index (χ0) is 7.82. The molecule has 0 radical (unpaired) electrons. The van der Waals surface area contributed by atoms with E-state index < -0.39 is 0 Å². The van der Waals surface area contributed by atoms with Gasteiger partial charge in [0.15, 0.2) is 0 Å². The minimum absolute atomic E-state index is 0. The van der Waals surface area contributed by atoms with E-state index in [0.717, 1.165) is 12.3 Å². The van der Waals surface area contributed by atoms with Crippen molar-refractivity contribution in [2.45, 2.75) is 52.4 Å². The van der Waals surface area contributed by atoms with Gasteiger partial charge >= 0.3 is 23.1 Å². The summed E-state index contributed by atoms with van der Waals surface area (Å²) < 4.78 is 0. The molecule has 0 bridgehead atoms. The molecule has 0 amide bonds. The molecule has 0 aromatic carbocycles. The van der Waals surface area contributed by atoms with Crippen LogP contribution >= 0.6 is 0 Å². The standard InChI is InChI=1S/C10H21.BrH.Mg/c1-4-6-7-8-9-10(3)5-2;;/h10H,2,4-9H2,1,3H3;1H;/q-1;;+2/p-1. The maximum atomic E-state index is 3.88. The largest absolute Gasteiger partial charge is 2.00 e. The van der Waals surface area contributed by atoms with Crippen molar-refractivity contribution in [3.63, 3.8) is 0 Å². The quantitative estimate of drug-likeness (QED) is 0.362. The van der Waals surface area contributed by atoms with Crippen LogP contribution in [0.3, 0.4) is 0 Å². The molecule has 0 nitrogen and oxygen atoms in total. The van der Waals surface area contributed by atoms with Crippen molar-refractivity contribution in [1.82, 2.24) is 0 Å². The summed E-state index contributed by atoms with van der Waals surface area (Å²) in [7, 11) is 0. The van der Waals surface area contributed by atoms with E-state index in [1.807, 2.05) is 0 Å². The summed E-state index contributed by atoms with van der Waals surface area (Å²) >= 11 is 0. The van der Waals surface area contributed by atoms with Gasteiger partial charge in [0, 0.05) is 0 Å². The molecule has 1 unspecified atom stereocenters. The molecule has 0 aromatic heterocycles. The Kier molecular flexibility index (Phi) is 23.3. The first-order valence-corrected chi connectivity index (χ1v) is 4.60. The summed E-state index contributed by atoms with van der Waals surface area (Å²) in [6.45, 7) is 8.43. The fourth-order valence-corrected chi connectivity index (χ4v) is 1.06. The minimum Gasteiger partial charge on any atom is -1.00 e. The molecule has 0 heterocycles. The van der Waals surface area contributed by atoms with Gasteiger partial charge in [0.1, 0.15) is 0 Å². The van der Waals surface area contributed by atoms with Crippen LogP contribution in [0.4, 0.5) is 0 Å². The van der Waals surface area contributed by atoms with Gasteiger partial charge in [-0.25, -0.2) is 0 Å². The summed E-state index contributed by atoms with van der Waals surface area (Å²) in [5, 5.41) is 0. The van der Waals surface area contributed by atoms with Crippen LogP contribution in [0.5, 0.6) is 0 Å². The van der Waals surface area contributed by atoms with Gasteiger partial charge in [-0.15, -0.1) is 0 Å². The van der Waals surface area contributed by atoms with Crippen LogP contribution in [0.2, 0.25) is 0 Å². The van der Waals surface area contributed by atoms with Gasteiger partial charge in [0.25, 0.3) is 0 Å². The zero-order valence-electron chi connectivity index (χ0n) is 8.61. The third kappa shape index (κ3) is 13.8. The van der Waals surface area contributed by atoms with E-state index in [0.29, 0.717) is 0 Å². The molecule has 70 valence electrons. The maximum absolute atomic E-state index is 3.88. The van der Waals surface area contributed by atoms with Crippen LogP contribution in [0, 0.1) is 12.8 Å². The average Bonchev–Trinajstić information content (AvgIpc) is 1.98. The Morgan fingerprint density at radius 3 is 2.17 bits per heavy atom. The van der Waals surface area contributed by atoms with Crippen LogP contribution < -0.4 is 17.0 Å². The van der Waals surface area contributed by atoms with Crippen molar-refractivity contribution < 1.29 is 17.0 Å². The van der Waals surface area contributed by atoms with Crippen LogP contribution in [0.1, 0.15) is 52.4 Å². The SMILES string of the molecule is [Br-].[CH2-]CC(C)CCCCCC.[Mg+2]. The van der Waals surface area contributed by atoms with E-state index in [4.69, 9.17) is 0 Å². The third-order valence-electron chi connectivity index (χ3n) is 2.04. The van der Waals surface area contributed by atoms with Gasteiger partial charge in [0.2, 0.25) is 0 Å². The van der Waals surface area contributed by atoms with Crippen LogP contribution in [-0.2, 0) is 0 Å². The molecule has 0 aliphatic heterocycles. The molecule has 0 saturated heterocycles. The molecule has 0 spiro atoms. The van der Waals surface area contributed by atoms with Crippen LogP contribution in [0.15, 0.2) is 0 Å². The second-order valence-electron chi connectivity index (χ2n) is 3.24. The normalized spacial score (nSPS) is 11.2. The molecular formula is C10H21BrMg. The van der Waals surface area contributed by atoms with E-state index in [1.54, 1.807) is 0 Å². The first-order valence-electron chi connectivity index (χ1n) is 4.60. The van der Waals surface area contributed by atoms with Crippen LogP contribution in [0.25, 0.3) is 0 Å². The van der Waals surface area contributed by atoms with Crippen molar-refractivity contribution in [2.24, 2.45) is 5.92 Å². The molecule has 12 heavy (non-hydrogen) atoms. The van der Waals surface area contributed by atoms with Gasteiger partial charge in [-0.2, -0.15) is 6.42 Å². The summed E-state index contributed by atoms with van der Waals surface area (Å²) in [4.78, 5) is 0.